The lowest BCUT2D eigenvalue weighted by atomic mass is 10.1. The summed E-state index contributed by atoms with van der Waals surface area (Å²) in [5.74, 6) is 1.56. The molecule has 0 spiro atoms. The summed E-state index contributed by atoms with van der Waals surface area (Å²) in [5.41, 5.74) is 0.708. The van der Waals surface area contributed by atoms with Crippen molar-refractivity contribution < 1.29 is 13.5 Å². The van der Waals surface area contributed by atoms with Crippen molar-refractivity contribution in [1.29, 1.82) is 0 Å². The minimum atomic E-state index is -2.82. The molecule has 1 aromatic carbocycles. The minimum absolute atomic E-state index is 0. The summed E-state index contributed by atoms with van der Waals surface area (Å²) in [6.07, 6.45) is 3.53. The molecule has 2 saturated heterocycles. The Morgan fingerprint density at radius 3 is 2.67 bits per heavy atom. The van der Waals surface area contributed by atoms with Crippen LogP contribution in [0.15, 0.2) is 29.3 Å². The molecule has 2 heterocycles. The van der Waals surface area contributed by atoms with Gasteiger partial charge in [0, 0.05) is 39.3 Å². The molecule has 2 aliphatic rings. The lowest BCUT2D eigenvalue weighted by Crippen LogP contribution is -2.46. The molecule has 170 valence electrons. The van der Waals surface area contributed by atoms with Gasteiger partial charge in [0.15, 0.2) is 5.96 Å². The van der Waals surface area contributed by atoms with Crippen molar-refractivity contribution in [3.05, 3.63) is 24.3 Å². The van der Waals surface area contributed by atoms with Crippen molar-refractivity contribution in [2.45, 2.75) is 38.8 Å². The molecule has 3 rings (SSSR count). The first-order chi connectivity index (χ1) is 14.0. The second kappa shape index (κ2) is 12.5. The van der Waals surface area contributed by atoms with Crippen LogP contribution in [-0.4, -0.2) is 69.8 Å². The number of alkyl halides is 2. The Kier molecular flexibility index (Phi) is 10.4. The number of hydrogen-bond acceptors (Lipinski definition) is 4. The lowest BCUT2D eigenvalue weighted by Gasteiger charge is -2.24. The SMILES string of the molecule is CN=C(NCC(C)CN1CCCC1)NC1CCN(c2ccccc2OC(F)F)C1.I. The fraction of sp³-hybridized carbons (Fsp3) is 0.667. The Morgan fingerprint density at radius 1 is 1.23 bits per heavy atom. The maximum absolute atomic E-state index is 12.7. The van der Waals surface area contributed by atoms with Gasteiger partial charge in [-0.1, -0.05) is 19.1 Å². The average Bonchev–Trinajstić information content (AvgIpc) is 3.37. The standard InChI is InChI=1S/C21H33F2N5O.HI/c1-16(14-27-10-5-6-11-27)13-25-21(24-2)26-17-9-12-28(15-17)18-7-3-4-8-19(18)29-20(22)23;/h3-4,7-8,16-17,20H,5-6,9-15H2,1-2H3,(H2,24,25,26);1H. The van der Waals surface area contributed by atoms with Crippen molar-refractivity contribution in [3.8, 4) is 5.75 Å². The minimum Gasteiger partial charge on any atom is -0.433 e. The van der Waals surface area contributed by atoms with E-state index in [4.69, 9.17) is 0 Å². The van der Waals surface area contributed by atoms with Gasteiger partial charge < -0.3 is 25.2 Å². The molecule has 0 aromatic heterocycles. The number of benzene rings is 1. The lowest BCUT2D eigenvalue weighted by molar-refractivity contribution is -0.0495. The molecule has 0 aliphatic carbocycles. The predicted molar refractivity (Wildman–Crippen MR) is 128 cm³/mol. The second-order valence-corrected chi connectivity index (χ2v) is 7.99. The van der Waals surface area contributed by atoms with Crippen molar-refractivity contribution in [2.24, 2.45) is 10.9 Å². The fourth-order valence-electron chi connectivity index (χ4n) is 4.14. The Balaban J connectivity index is 0.00000320. The van der Waals surface area contributed by atoms with Crippen LogP contribution in [0, 0.1) is 5.92 Å². The number of rotatable bonds is 8. The van der Waals surface area contributed by atoms with E-state index in [1.807, 2.05) is 12.1 Å². The summed E-state index contributed by atoms with van der Waals surface area (Å²) in [7, 11) is 1.78. The van der Waals surface area contributed by atoms with E-state index in [-0.39, 0.29) is 35.8 Å². The van der Waals surface area contributed by atoms with E-state index < -0.39 is 6.61 Å². The molecular weight excluding hydrogens is 503 g/mol. The zero-order chi connectivity index (χ0) is 20.6. The van der Waals surface area contributed by atoms with Crippen LogP contribution in [0.5, 0.6) is 5.75 Å². The largest absolute Gasteiger partial charge is 0.433 e. The smallest absolute Gasteiger partial charge is 0.387 e. The third-order valence-electron chi connectivity index (χ3n) is 5.56. The van der Waals surface area contributed by atoms with E-state index in [0.29, 0.717) is 18.2 Å². The van der Waals surface area contributed by atoms with E-state index in [1.165, 1.54) is 25.9 Å². The summed E-state index contributed by atoms with van der Waals surface area (Å²) in [6.45, 7) is 5.35. The highest BCUT2D eigenvalue weighted by Gasteiger charge is 2.26. The van der Waals surface area contributed by atoms with Gasteiger partial charge in [0.25, 0.3) is 0 Å². The van der Waals surface area contributed by atoms with Crippen molar-refractivity contribution in [2.75, 3.05) is 51.2 Å². The van der Waals surface area contributed by atoms with Gasteiger partial charge in [0.2, 0.25) is 0 Å². The summed E-state index contributed by atoms with van der Waals surface area (Å²) in [5, 5.41) is 6.90. The van der Waals surface area contributed by atoms with Gasteiger partial charge in [-0.15, -0.1) is 24.0 Å². The number of guanidine groups is 1. The van der Waals surface area contributed by atoms with Crippen LogP contribution >= 0.6 is 24.0 Å². The van der Waals surface area contributed by atoms with Gasteiger partial charge >= 0.3 is 6.61 Å². The van der Waals surface area contributed by atoms with Crippen LogP contribution in [0.25, 0.3) is 0 Å². The highest BCUT2D eigenvalue weighted by Crippen LogP contribution is 2.31. The molecule has 0 saturated carbocycles. The molecule has 30 heavy (non-hydrogen) atoms. The first kappa shape index (κ1) is 24.9. The average molecular weight is 537 g/mol. The highest BCUT2D eigenvalue weighted by molar-refractivity contribution is 14.0. The molecule has 2 aliphatic heterocycles. The normalized spacial score (nSPS) is 20.9. The number of halogens is 3. The topological polar surface area (TPSA) is 52.1 Å². The number of ether oxygens (including phenoxy) is 1. The third-order valence-corrected chi connectivity index (χ3v) is 5.56. The Labute approximate surface area is 195 Å². The van der Waals surface area contributed by atoms with Crippen LogP contribution < -0.4 is 20.3 Å². The maximum Gasteiger partial charge on any atom is 0.387 e. The number of aliphatic imine (C=N–C) groups is 1. The summed E-state index contributed by atoms with van der Waals surface area (Å²) in [6, 6.07) is 7.17. The molecule has 0 bridgehead atoms. The van der Waals surface area contributed by atoms with Gasteiger partial charge in [0.05, 0.1) is 5.69 Å². The summed E-state index contributed by atoms with van der Waals surface area (Å²) < 4.78 is 30.0. The van der Waals surface area contributed by atoms with E-state index in [2.05, 4.69) is 37.1 Å². The van der Waals surface area contributed by atoms with E-state index in [9.17, 15) is 8.78 Å². The Hall–Kier alpha value is -1.36. The fourth-order valence-corrected chi connectivity index (χ4v) is 4.14. The molecule has 2 unspecified atom stereocenters. The molecule has 1 aromatic rings. The molecule has 0 radical (unpaired) electrons. The van der Waals surface area contributed by atoms with Gasteiger partial charge in [-0.2, -0.15) is 8.78 Å². The van der Waals surface area contributed by atoms with Crippen LogP contribution in [0.1, 0.15) is 26.2 Å². The first-order valence-corrected chi connectivity index (χ1v) is 10.5. The van der Waals surface area contributed by atoms with Crippen molar-refractivity contribution >= 4 is 35.6 Å². The molecule has 0 amide bonds. The monoisotopic (exact) mass is 537 g/mol. The predicted octanol–water partition coefficient (Wildman–Crippen LogP) is 3.38. The van der Waals surface area contributed by atoms with E-state index >= 15 is 0 Å². The van der Waals surface area contributed by atoms with Gasteiger partial charge in [0.1, 0.15) is 5.75 Å². The maximum atomic E-state index is 12.7. The Morgan fingerprint density at radius 2 is 1.97 bits per heavy atom. The summed E-state index contributed by atoms with van der Waals surface area (Å²) in [4.78, 5) is 8.95. The number of nitrogens with zero attached hydrogens (tertiary/aromatic N) is 3. The van der Waals surface area contributed by atoms with Crippen LogP contribution in [-0.2, 0) is 0 Å². The van der Waals surface area contributed by atoms with E-state index in [0.717, 1.165) is 32.0 Å². The Bertz CT molecular complexity index is 673. The van der Waals surface area contributed by atoms with Crippen molar-refractivity contribution in [3.63, 3.8) is 0 Å². The highest BCUT2D eigenvalue weighted by atomic mass is 127. The third kappa shape index (κ3) is 7.40. The van der Waals surface area contributed by atoms with Gasteiger partial charge in [-0.25, -0.2) is 0 Å². The molecule has 2 atom stereocenters. The zero-order valence-electron chi connectivity index (χ0n) is 17.8. The molecule has 2 fully saturated rings. The van der Waals surface area contributed by atoms with Gasteiger partial charge in [-0.3, -0.25) is 4.99 Å². The number of para-hydroxylation sites is 2. The van der Waals surface area contributed by atoms with Crippen molar-refractivity contribution in [1.82, 2.24) is 15.5 Å². The number of anilines is 1. The molecule has 6 nitrogen and oxygen atoms in total. The van der Waals surface area contributed by atoms with Crippen LogP contribution in [0.3, 0.4) is 0 Å². The first-order valence-electron chi connectivity index (χ1n) is 10.5. The second-order valence-electron chi connectivity index (χ2n) is 7.99. The number of hydrogen-bond donors (Lipinski definition) is 2. The summed E-state index contributed by atoms with van der Waals surface area (Å²) >= 11 is 0. The molecule has 2 N–H and O–H groups in total. The van der Waals surface area contributed by atoms with E-state index in [1.54, 1.807) is 19.2 Å². The zero-order valence-corrected chi connectivity index (χ0v) is 20.1. The number of nitrogens with one attached hydrogen (secondary N) is 2. The quantitative estimate of drug-likeness (QED) is 0.303. The molecule has 9 heteroatoms. The number of likely N-dealkylation sites (tertiary alicyclic amines) is 1. The molecular formula is C21H34F2IN5O. The van der Waals surface area contributed by atoms with Crippen LogP contribution in [0.2, 0.25) is 0 Å². The van der Waals surface area contributed by atoms with Crippen LogP contribution in [0.4, 0.5) is 14.5 Å². The van der Waals surface area contributed by atoms with Gasteiger partial charge in [-0.05, 0) is 50.4 Å².